The van der Waals surface area contributed by atoms with E-state index < -0.39 is 6.43 Å². The molecule has 0 bridgehead atoms. The topological polar surface area (TPSA) is 46.2 Å². The van der Waals surface area contributed by atoms with Crippen molar-refractivity contribution in [2.45, 2.75) is 43.9 Å². The van der Waals surface area contributed by atoms with Gasteiger partial charge in [-0.1, -0.05) is 25.3 Å². The molecule has 0 atom stereocenters. The second-order valence-corrected chi connectivity index (χ2v) is 5.12. The van der Waals surface area contributed by atoms with Crippen molar-refractivity contribution in [3.8, 4) is 5.75 Å². The fourth-order valence-electron chi connectivity index (χ4n) is 2.90. The van der Waals surface area contributed by atoms with Crippen molar-refractivity contribution in [3.63, 3.8) is 0 Å². The van der Waals surface area contributed by atoms with Crippen LogP contribution in [0.4, 0.5) is 8.78 Å². The Bertz CT molecular complexity index is 414. The van der Waals surface area contributed by atoms with Gasteiger partial charge in [0.25, 0.3) is 6.43 Å². The lowest BCUT2D eigenvalue weighted by molar-refractivity contribution is 0.147. The van der Waals surface area contributed by atoms with Crippen LogP contribution >= 0.6 is 0 Å². The van der Waals surface area contributed by atoms with Crippen LogP contribution in [0.25, 0.3) is 0 Å². The molecule has 0 heterocycles. The molecule has 1 saturated carbocycles. The summed E-state index contributed by atoms with van der Waals surface area (Å²) in [6.45, 7) is 0.473. The number of phenolic OH excluding ortho intramolecular Hbond substituents is 1. The van der Waals surface area contributed by atoms with Gasteiger partial charge in [-0.05, 0) is 30.5 Å². The lowest BCUT2D eigenvalue weighted by atomic mass is 9.69. The van der Waals surface area contributed by atoms with Gasteiger partial charge in [-0.2, -0.15) is 0 Å². The summed E-state index contributed by atoms with van der Waals surface area (Å²) in [5, 5.41) is 9.45. The highest BCUT2D eigenvalue weighted by Gasteiger charge is 2.33. The average Bonchev–Trinajstić information content (AvgIpc) is 2.39. The summed E-state index contributed by atoms with van der Waals surface area (Å²) in [6.07, 6.45) is 2.59. The van der Waals surface area contributed by atoms with E-state index >= 15 is 0 Å². The largest absolute Gasteiger partial charge is 0.507 e. The molecule has 0 spiro atoms. The molecule has 0 aromatic heterocycles. The zero-order valence-corrected chi connectivity index (χ0v) is 10.3. The van der Waals surface area contributed by atoms with E-state index in [1.807, 2.05) is 0 Å². The first-order chi connectivity index (χ1) is 8.59. The number of aromatic hydroxyl groups is 1. The van der Waals surface area contributed by atoms with Crippen LogP contribution in [0.1, 0.15) is 49.7 Å². The lowest BCUT2D eigenvalue weighted by Gasteiger charge is -2.37. The Kier molecular flexibility index (Phi) is 3.85. The molecule has 1 fully saturated rings. The number of benzene rings is 1. The summed E-state index contributed by atoms with van der Waals surface area (Å²) in [7, 11) is 0. The second kappa shape index (κ2) is 5.22. The zero-order valence-electron chi connectivity index (χ0n) is 10.3. The van der Waals surface area contributed by atoms with Crippen LogP contribution in [0.15, 0.2) is 18.2 Å². The monoisotopic (exact) mass is 255 g/mol. The number of halogens is 2. The molecule has 2 nitrogen and oxygen atoms in total. The van der Waals surface area contributed by atoms with Crippen molar-refractivity contribution in [1.82, 2.24) is 0 Å². The first-order valence-corrected chi connectivity index (χ1v) is 6.41. The minimum Gasteiger partial charge on any atom is -0.507 e. The first-order valence-electron chi connectivity index (χ1n) is 6.41. The fraction of sp³-hybridized carbons (Fsp3) is 0.571. The third-order valence-corrected chi connectivity index (χ3v) is 4.08. The number of hydrogen-bond acceptors (Lipinski definition) is 2. The summed E-state index contributed by atoms with van der Waals surface area (Å²) < 4.78 is 25.6. The third kappa shape index (κ3) is 2.34. The normalized spacial score (nSPS) is 19.1. The van der Waals surface area contributed by atoms with Crippen LogP contribution in [-0.4, -0.2) is 11.7 Å². The first kappa shape index (κ1) is 13.3. The van der Waals surface area contributed by atoms with Gasteiger partial charge in [-0.15, -0.1) is 0 Å². The Morgan fingerprint density at radius 1 is 1.22 bits per heavy atom. The molecule has 4 heteroatoms. The molecule has 0 aliphatic heterocycles. The van der Waals surface area contributed by atoms with Gasteiger partial charge in [0.05, 0.1) is 5.56 Å². The fourth-order valence-corrected chi connectivity index (χ4v) is 2.90. The van der Waals surface area contributed by atoms with Crippen LogP contribution < -0.4 is 5.73 Å². The summed E-state index contributed by atoms with van der Waals surface area (Å²) in [5.41, 5.74) is 6.26. The predicted octanol–water partition coefficient (Wildman–Crippen LogP) is 3.49. The van der Waals surface area contributed by atoms with Gasteiger partial charge in [-0.3, -0.25) is 0 Å². The minimum atomic E-state index is -2.65. The van der Waals surface area contributed by atoms with Crippen molar-refractivity contribution >= 4 is 0 Å². The maximum absolute atomic E-state index is 12.8. The SMILES string of the molecule is NCC1(c2ccc(O)c(C(F)F)c2)CCCCC1. The van der Waals surface area contributed by atoms with Crippen molar-refractivity contribution in [3.05, 3.63) is 29.3 Å². The number of alkyl halides is 2. The summed E-state index contributed by atoms with van der Waals surface area (Å²) in [4.78, 5) is 0. The molecule has 0 unspecified atom stereocenters. The Hall–Kier alpha value is -1.16. The van der Waals surface area contributed by atoms with Gasteiger partial charge in [0.15, 0.2) is 0 Å². The molecule has 0 amide bonds. The molecule has 0 saturated heterocycles. The zero-order chi connectivity index (χ0) is 13.2. The van der Waals surface area contributed by atoms with Crippen LogP contribution in [0.5, 0.6) is 5.75 Å². The van der Waals surface area contributed by atoms with E-state index in [4.69, 9.17) is 5.73 Å². The summed E-state index contributed by atoms with van der Waals surface area (Å²) in [5.74, 6) is -0.336. The van der Waals surface area contributed by atoms with Crippen LogP contribution in [0, 0.1) is 0 Å². The van der Waals surface area contributed by atoms with Gasteiger partial charge in [0.2, 0.25) is 0 Å². The maximum Gasteiger partial charge on any atom is 0.267 e. The molecular weight excluding hydrogens is 236 g/mol. The molecule has 0 radical (unpaired) electrons. The third-order valence-electron chi connectivity index (χ3n) is 4.08. The van der Waals surface area contributed by atoms with E-state index in [0.717, 1.165) is 31.2 Å². The number of nitrogens with two attached hydrogens (primary N) is 1. The van der Waals surface area contributed by atoms with E-state index in [-0.39, 0.29) is 16.7 Å². The standard InChI is InChI=1S/C14H19F2NO/c15-13(16)11-8-10(4-5-12(11)18)14(9-17)6-2-1-3-7-14/h4-5,8,13,18H,1-3,6-7,9,17H2. The van der Waals surface area contributed by atoms with E-state index in [9.17, 15) is 13.9 Å². The maximum atomic E-state index is 12.8. The van der Waals surface area contributed by atoms with Crippen molar-refractivity contribution in [1.29, 1.82) is 0 Å². The molecule has 2 rings (SSSR count). The Balaban J connectivity index is 2.39. The Morgan fingerprint density at radius 3 is 2.44 bits per heavy atom. The molecular formula is C14H19F2NO. The highest BCUT2D eigenvalue weighted by molar-refractivity contribution is 5.40. The van der Waals surface area contributed by atoms with E-state index in [1.165, 1.54) is 18.6 Å². The van der Waals surface area contributed by atoms with E-state index in [2.05, 4.69) is 0 Å². The second-order valence-electron chi connectivity index (χ2n) is 5.12. The number of hydrogen-bond donors (Lipinski definition) is 2. The Morgan fingerprint density at radius 2 is 1.89 bits per heavy atom. The van der Waals surface area contributed by atoms with Gasteiger partial charge in [0.1, 0.15) is 5.75 Å². The highest BCUT2D eigenvalue weighted by atomic mass is 19.3. The van der Waals surface area contributed by atoms with Gasteiger partial charge < -0.3 is 10.8 Å². The molecule has 18 heavy (non-hydrogen) atoms. The highest BCUT2D eigenvalue weighted by Crippen LogP contribution is 2.41. The lowest BCUT2D eigenvalue weighted by Crippen LogP contribution is -2.37. The van der Waals surface area contributed by atoms with E-state index in [0.29, 0.717) is 6.54 Å². The van der Waals surface area contributed by atoms with Crippen LogP contribution in [0.3, 0.4) is 0 Å². The molecule has 1 aromatic rings. The van der Waals surface area contributed by atoms with Crippen molar-refractivity contribution in [2.24, 2.45) is 5.73 Å². The summed E-state index contributed by atoms with van der Waals surface area (Å²) >= 11 is 0. The van der Waals surface area contributed by atoms with Gasteiger partial charge >= 0.3 is 0 Å². The molecule has 1 aliphatic rings. The number of phenols is 1. The minimum absolute atomic E-state index is 0.185. The van der Waals surface area contributed by atoms with Gasteiger partial charge in [-0.25, -0.2) is 8.78 Å². The number of rotatable bonds is 3. The predicted molar refractivity (Wildman–Crippen MR) is 66.9 cm³/mol. The van der Waals surface area contributed by atoms with Crippen LogP contribution in [0.2, 0.25) is 0 Å². The smallest absolute Gasteiger partial charge is 0.267 e. The quantitative estimate of drug-likeness (QED) is 0.868. The summed E-state index contributed by atoms with van der Waals surface area (Å²) in [6, 6.07) is 4.53. The van der Waals surface area contributed by atoms with Crippen molar-refractivity contribution < 1.29 is 13.9 Å². The van der Waals surface area contributed by atoms with Crippen molar-refractivity contribution in [2.75, 3.05) is 6.54 Å². The molecule has 1 aliphatic carbocycles. The molecule has 3 N–H and O–H groups in total. The Labute approximate surface area is 106 Å². The average molecular weight is 255 g/mol. The van der Waals surface area contributed by atoms with Gasteiger partial charge in [0, 0.05) is 12.0 Å². The van der Waals surface area contributed by atoms with E-state index in [1.54, 1.807) is 6.07 Å². The molecule has 100 valence electrons. The van der Waals surface area contributed by atoms with Crippen LogP contribution in [-0.2, 0) is 5.41 Å². The molecule has 1 aromatic carbocycles.